The Labute approximate surface area is 134 Å². The zero-order valence-electron chi connectivity index (χ0n) is 12.9. The Bertz CT molecular complexity index is 623. The van der Waals surface area contributed by atoms with Gasteiger partial charge in [-0.25, -0.2) is 0 Å². The zero-order valence-corrected chi connectivity index (χ0v) is 13.7. The van der Waals surface area contributed by atoms with Gasteiger partial charge in [0.1, 0.15) is 6.10 Å². The first-order valence-corrected chi connectivity index (χ1v) is 8.47. The van der Waals surface area contributed by atoms with Crippen LogP contribution < -0.4 is 5.32 Å². The molecule has 0 saturated carbocycles. The van der Waals surface area contributed by atoms with E-state index >= 15 is 0 Å². The van der Waals surface area contributed by atoms with E-state index in [0.29, 0.717) is 0 Å². The predicted octanol–water partition coefficient (Wildman–Crippen LogP) is 2.62. The molecule has 1 aliphatic heterocycles. The lowest BCUT2D eigenvalue weighted by molar-refractivity contribution is -0.125. The van der Waals surface area contributed by atoms with Gasteiger partial charge in [0.2, 0.25) is 5.91 Å². The molecule has 0 spiro atoms. The van der Waals surface area contributed by atoms with Gasteiger partial charge in [-0.15, -0.1) is 11.3 Å². The van der Waals surface area contributed by atoms with Gasteiger partial charge in [-0.05, 0) is 31.2 Å². The largest absolute Gasteiger partial charge is 0.371 e. The Balaban J connectivity index is 1.70. The Hall–Kier alpha value is -1.66. The minimum atomic E-state index is -0.128. The van der Waals surface area contributed by atoms with Gasteiger partial charge in [-0.1, -0.05) is 6.07 Å². The molecule has 0 aromatic carbocycles. The number of nitrogens with zero attached hydrogens (tertiary/aromatic N) is 2. The summed E-state index contributed by atoms with van der Waals surface area (Å²) in [5.41, 5.74) is 1.02. The summed E-state index contributed by atoms with van der Waals surface area (Å²) in [6.45, 7) is 2.68. The first kappa shape index (κ1) is 15.2. The van der Waals surface area contributed by atoms with Crippen LogP contribution in [0.3, 0.4) is 0 Å². The molecule has 1 aliphatic rings. The number of amides is 1. The number of ether oxygens (including phenoxy) is 1. The number of aryl methyl sites for hydroxylation is 1. The number of rotatable bonds is 4. The second kappa shape index (κ2) is 6.62. The quantitative estimate of drug-likeness (QED) is 0.942. The highest BCUT2D eigenvalue weighted by Gasteiger charge is 2.31. The number of thiophene rings is 1. The van der Waals surface area contributed by atoms with E-state index in [0.717, 1.165) is 29.9 Å². The maximum Gasteiger partial charge on any atom is 0.228 e. The lowest BCUT2D eigenvalue weighted by Crippen LogP contribution is -2.44. The smallest absolute Gasteiger partial charge is 0.228 e. The van der Waals surface area contributed by atoms with E-state index in [4.69, 9.17) is 4.74 Å². The van der Waals surface area contributed by atoms with E-state index in [-0.39, 0.29) is 24.0 Å². The van der Waals surface area contributed by atoms with Gasteiger partial charge in [0.15, 0.2) is 0 Å². The maximum atomic E-state index is 12.5. The highest BCUT2D eigenvalue weighted by molar-refractivity contribution is 7.10. The predicted molar refractivity (Wildman–Crippen MR) is 85.8 cm³/mol. The molecule has 6 heteroatoms. The highest BCUT2D eigenvalue weighted by Crippen LogP contribution is 2.29. The molecule has 2 aromatic heterocycles. The van der Waals surface area contributed by atoms with Crippen LogP contribution in [0.2, 0.25) is 0 Å². The average molecular weight is 319 g/mol. The van der Waals surface area contributed by atoms with E-state index in [1.54, 1.807) is 16.0 Å². The molecule has 3 heterocycles. The number of nitrogens with one attached hydrogen (secondary N) is 1. The van der Waals surface area contributed by atoms with Crippen molar-refractivity contribution in [1.82, 2.24) is 15.1 Å². The van der Waals surface area contributed by atoms with Gasteiger partial charge in [-0.2, -0.15) is 5.10 Å². The van der Waals surface area contributed by atoms with Gasteiger partial charge < -0.3 is 10.1 Å². The van der Waals surface area contributed by atoms with Crippen LogP contribution in [-0.2, 0) is 16.6 Å². The summed E-state index contributed by atoms with van der Waals surface area (Å²) in [5.74, 6) is -0.0664. The van der Waals surface area contributed by atoms with Crippen molar-refractivity contribution >= 4 is 17.2 Å². The van der Waals surface area contributed by atoms with Crippen molar-refractivity contribution in [3.63, 3.8) is 0 Å². The topological polar surface area (TPSA) is 56.1 Å². The van der Waals surface area contributed by atoms with E-state index in [1.165, 1.54) is 0 Å². The summed E-state index contributed by atoms with van der Waals surface area (Å²) < 4.78 is 7.66. The molecule has 1 N–H and O–H groups in total. The summed E-state index contributed by atoms with van der Waals surface area (Å²) in [7, 11) is 1.89. The fourth-order valence-corrected chi connectivity index (χ4v) is 3.60. The molecular formula is C16H21N3O2S. The molecule has 0 aliphatic carbocycles. The fraction of sp³-hybridized carbons (Fsp3) is 0.500. The SMILES string of the molecule is CC(C(=O)N[C@H]1CCCO[C@@H]1c1cnn(C)c1)c1cccs1. The van der Waals surface area contributed by atoms with Gasteiger partial charge in [0.05, 0.1) is 18.2 Å². The maximum absolute atomic E-state index is 12.5. The van der Waals surface area contributed by atoms with Crippen molar-refractivity contribution in [2.75, 3.05) is 6.61 Å². The molecule has 3 rings (SSSR count). The lowest BCUT2D eigenvalue weighted by atomic mass is 9.97. The van der Waals surface area contributed by atoms with Crippen molar-refractivity contribution in [1.29, 1.82) is 0 Å². The van der Waals surface area contributed by atoms with Crippen molar-refractivity contribution in [2.24, 2.45) is 7.05 Å². The van der Waals surface area contributed by atoms with Crippen LogP contribution in [0, 0.1) is 0 Å². The molecule has 1 unspecified atom stereocenters. The van der Waals surface area contributed by atoms with Crippen LogP contribution in [-0.4, -0.2) is 28.3 Å². The van der Waals surface area contributed by atoms with Crippen molar-refractivity contribution in [3.05, 3.63) is 40.3 Å². The molecular weight excluding hydrogens is 298 g/mol. The van der Waals surface area contributed by atoms with Crippen LogP contribution in [0.25, 0.3) is 0 Å². The van der Waals surface area contributed by atoms with Gasteiger partial charge in [0, 0.05) is 30.3 Å². The second-order valence-corrected chi connectivity index (χ2v) is 6.71. The molecule has 3 atom stereocenters. The van der Waals surface area contributed by atoms with Gasteiger partial charge >= 0.3 is 0 Å². The number of hydrogen-bond acceptors (Lipinski definition) is 4. The molecule has 118 valence electrons. The van der Waals surface area contributed by atoms with Crippen molar-refractivity contribution in [3.8, 4) is 0 Å². The summed E-state index contributed by atoms with van der Waals surface area (Å²) in [6.07, 6.45) is 5.56. The fourth-order valence-electron chi connectivity index (χ4n) is 2.82. The van der Waals surface area contributed by atoms with Crippen molar-refractivity contribution in [2.45, 2.75) is 37.8 Å². The second-order valence-electron chi connectivity index (χ2n) is 5.73. The molecule has 1 amide bonds. The molecule has 22 heavy (non-hydrogen) atoms. The van der Waals surface area contributed by atoms with Crippen molar-refractivity contribution < 1.29 is 9.53 Å². The average Bonchev–Trinajstić information content (AvgIpc) is 3.18. The molecule has 1 saturated heterocycles. The van der Waals surface area contributed by atoms with Gasteiger partial charge in [0.25, 0.3) is 0 Å². The standard InChI is InChI=1S/C16H21N3O2S/c1-11(14-6-4-8-22-14)16(20)18-13-5-3-7-21-15(13)12-9-17-19(2)10-12/h4,6,8-11,13,15H,3,5,7H2,1-2H3,(H,18,20)/t11?,13-,15+/m0/s1. The van der Waals surface area contributed by atoms with Crippen LogP contribution in [0.1, 0.15) is 42.2 Å². The normalized spacial score (nSPS) is 23.2. The Kier molecular flexibility index (Phi) is 4.59. The minimum Gasteiger partial charge on any atom is -0.371 e. The number of aromatic nitrogens is 2. The molecule has 5 nitrogen and oxygen atoms in total. The Morgan fingerprint density at radius 2 is 2.45 bits per heavy atom. The lowest BCUT2D eigenvalue weighted by Gasteiger charge is -2.32. The van der Waals surface area contributed by atoms with Crippen LogP contribution >= 0.6 is 11.3 Å². The summed E-state index contributed by atoms with van der Waals surface area (Å²) in [5, 5.41) is 9.38. The third kappa shape index (κ3) is 3.23. The van der Waals surface area contributed by atoms with Gasteiger partial charge in [-0.3, -0.25) is 9.48 Å². The number of carbonyl (C=O) groups excluding carboxylic acids is 1. The third-order valence-corrected chi connectivity index (χ3v) is 5.12. The third-order valence-electron chi connectivity index (χ3n) is 4.07. The van der Waals surface area contributed by atoms with E-state index in [1.807, 2.05) is 43.9 Å². The first-order chi connectivity index (χ1) is 10.6. The van der Waals surface area contributed by atoms with Crippen LogP contribution in [0.4, 0.5) is 0 Å². The summed E-state index contributed by atoms with van der Waals surface area (Å²) >= 11 is 1.62. The van der Waals surface area contributed by atoms with E-state index < -0.39 is 0 Å². The van der Waals surface area contributed by atoms with Crippen LogP contribution in [0.15, 0.2) is 29.9 Å². The van der Waals surface area contributed by atoms with Crippen LogP contribution in [0.5, 0.6) is 0 Å². The Morgan fingerprint density at radius 1 is 1.59 bits per heavy atom. The van der Waals surface area contributed by atoms with E-state index in [9.17, 15) is 4.79 Å². The number of carbonyl (C=O) groups is 1. The highest BCUT2D eigenvalue weighted by atomic mass is 32.1. The summed E-state index contributed by atoms with van der Waals surface area (Å²) in [4.78, 5) is 13.6. The number of hydrogen-bond donors (Lipinski definition) is 1. The molecule has 0 bridgehead atoms. The summed E-state index contributed by atoms with van der Waals surface area (Å²) in [6, 6.07) is 3.99. The molecule has 2 aromatic rings. The molecule has 1 fully saturated rings. The molecule has 0 radical (unpaired) electrons. The Morgan fingerprint density at radius 3 is 3.14 bits per heavy atom. The minimum absolute atomic E-state index is 0.00728. The zero-order chi connectivity index (χ0) is 15.5. The first-order valence-electron chi connectivity index (χ1n) is 7.59. The van der Waals surface area contributed by atoms with E-state index in [2.05, 4.69) is 10.4 Å². The monoisotopic (exact) mass is 319 g/mol.